The van der Waals surface area contributed by atoms with E-state index in [0.717, 1.165) is 17.8 Å². The number of nitrogens with one attached hydrogen (secondary N) is 1. The average molecular weight is 477 g/mol. The van der Waals surface area contributed by atoms with Crippen LogP contribution < -0.4 is 5.32 Å². The Bertz CT molecular complexity index is 949. The highest BCUT2D eigenvalue weighted by Gasteiger charge is 2.53. The minimum atomic E-state index is -3.59. The van der Waals surface area contributed by atoms with Crippen LogP contribution in [0.3, 0.4) is 0 Å². The molecular formula is C25H36N2O5S. The van der Waals surface area contributed by atoms with Crippen LogP contribution in [0.25, 0.3) is 0 Å². The third-order valence-electron chi connectivity index (χ3n) is 8.15. The first-order chi connectivity index (χ1) is 15.7. The number of rotatable bonds is 9. The second kappa shape index (κ2) is 9.37. The van der Waals surface area contributed by atoms with Gasteiger partial charge in [0.15, 0.2) is 6.61 Å². The Morgan fingerprint density at radius 3 is 2.03 bits per heavy atom. The van der Waals surface area contributed by atoms with Crippen molar-refractivity contribution in [3.63, 3.8) is 0 Å². The van der Waals surface area contributed by atoms with Crippen LogP contribution in [0.15, 0.2) is 29.2 Å². The summed E-state index contributed by atoms with van der Waals surface area (Å²) in [5.41, 5.74) is 0.413. The largest absolute Gasteiger partial charge is 0.452 e. The van der Waals surface area contributed by atoms with Crippen LogP contribution in [0.1, 0.15) is 69.7 Å². The van der Waals surface area contributed by atoms with E-state index in [2.05, 4.69) is 12.2 Å². The van der Waals surface area contributed by atoms with Crippen LogP contribution in [0, 0.1) is 23.2 Å². The Kier molecular flexibility index (Phi) is 6.87. The number of nitrogens with zero attached hydrogens (tertiary/aromatic N) is 1. The predicted molar refractivity (Wildman–Crippen MR) is 125 cm³/mol. The Balaban J connectivity index is 1.30. The molecule has 4 aliphatic rings. The molecule has 1 N–H and O–H groups in total. The molecule has 0 spiro atoms. The molecular weight excluding hydrogens is 440 g/mol. The lowest BCUT2D eigenvalue weighted by atomic mass is 9.48. The number of amides is 1. The van der Waals surface area contributed by atoms with E-state index in [4.69, 9.17) is 4.74 Å². The molecule has 0 aromatic heterocycles. The number of carbonyl (C=O) groups excluding carboxylic acids is 2. The summed E-state index contributed by atoms with van der Waals surface area (Å²) in [4.78, 5) is 25.1. The summed E-state index contributed by atoms with van der Waals surface area (Å²) in [7, 11) is -3.59. The zero-order valence-electron chi connectivity index (χ0n) is 19.9. The molecule has 1 amide bonds. The highest BCUT2D eigenvalue weighted by atomic mass is 32.2. The van der Waals surface area contributed by atoms with Gasteiger partial charge in [-0.3, -0.25) is 4.79 Å². The standard InChI is InChI=1S/C25H36N2O5S/c1-4-27(5-2)33(30,31)22-8-6-21(7-9-22)24(29)32-16-23(28)26-17(3)25-13-18-10-19(14-25)12-20(11-18)15-25/h6-9,17-20H,4-5,10-16H2,1-3H3,(H,26,28). The fourth-order valence-electron chi connectivity index (χ4n) is 6.83. The van der Waals surface area contributed by atoms with Crippen molar-refractivity contribution in [1.29, 1.82) is 0 Å². The molecule has 4 aliphatic carbocycles. The second-order valence-electron chi connectivity index (χ2n) is 10.3. The Morgan fingerprint density at radius 1 is 1.03 bits per heavy atom. The highest BCUT2D eigenvalue weighted by Crippen LogP contribution is 2.61. The number of ether oxygens (including phenoxy) is 1. The van der Waals surface area contributed by atoms with Crippen molar-refractivity contribution in [3.8, 4) is 0 Å². The van der Waals surface area contributed by atoms with Gasteiger partial charge in [-0.25, -0.2) is 13.2 Å². The average Bonchev–Trinajstić information content (AvgIpc) is 2.77. The number of hydrogen-bond acceptors (Lipinski definition) is 5. The summed E-state index contributed by atoms with van der Waals surface area (Å²) in [6, 6.07) is 5.73. The second-order valence-corrected chi connectivity index (χ2v) is 12.2. The molecule has 0 saturated heterocycles. The van der Waals surface area contributed by atoms with E-state index in [1.165, 1.54) is 67.1 Å². The van der Waals surface area contributed by atoms with Gasteiger partial charge in [0.2, 0.25) is 10.0 Å². The summed E-state index contributed by atoms with van der Waals surface area (Å²) >= 11 is 0. The lowest BCUT2D eigenvalue weighted by Crippen LogP contribution is -2.56. The van der Waals surface area contributed by atoms with E-state index in [1.54, 1.807) is 13.8 Å². The SMILES string of the molecule is CCN(CC)S(=O)(=O)c1ccc(C(=O)OCC(=O)NC(C)C23CC4CC(CC(C4)C2)C3)cc1. The summed E-state index contributed by atoms with van der Waals surface area (Å²) in [6.07, 6.45) is 7.65. The van der Waals surface area contributed by atoms with Crippen LogP contribution in [0.2, 0.25) is 0 Å². The molecule has 8 heteroatoms. The Hall–Kier alpha value is -1.93. The van der Waals surface area contributed by atoms with Gasteiger partial charge >= 0.3 is 5.97 Å². The first-order valence-electron chi connectivity index (χ1n) is 12.2. The summed E-state index contributed by atoms with van der Waals surface area (Å²) in [6.45, 7) is 6.07. The molecule has 4 fully saturated rings. The molecule has 5 rings (SSSR count). The van der Waals surface area contributed by atoms with Gasteiger partial charge in [-0.05, 0) is 92.9 Å². The molecule has 4 bridgehead atoms. The van der Waals surface area contributed by atoms with Crippen molar-refractivity contribution in [2.45, 2.75) is 70.2 Å². The minimum absolute atomic E-state index is 0.0710. The van der Waals surface area contributed by atoms with Gasteiger partial charge < -0.3 is 10.1 Å². The fourth-order valence-corrected chi connectivity index (χ4v) is 8.29. The van der Waals surface area contributed by atoms with Crippen molar-refractivity contribution in [1.82, 2.24) is 9.62 Å². The van der Waals surface area contributed by atoms with Gasteiger partial charge in [0.1, 0.15) is 0 Å². The maximum Gasteiger partial charge on any atom is 0.338 e. The summed E-state index contributed by atoms with van der Waals surface area (Å²) < 4.78 is 31.7. The smallest absolute Gasteiger partial charge is 0.338 e. The maximum absolute atomic E-state index is 12.6. The number of benzene rings is 1. The molecule has 0 radical (unpaired) electrons. The normalized spacial score (nSPS) is 29.2. The van der Waals surface area contributed by atoms with Crippen molar-refractivity contribution in [2.75, 3.05) is 19.7 Å². The van der Waals surface area contributed by atoms with Gasteiger partial charge in [-0.1, -0.05) is 13.8 Å². The van der Waals surface area contributed by atoms with Crippen LogP contribution in [-0.2, 0) is 19.6 Å². The number of sulfonamides is 1. The molecule has 1 aromatic carbocycles. The molecule has 33 heavy (non-hydrogen) atoms. The van der Waals surface area contributed by atoms with Crippen molar-refractivity contribution < 1.29 is 22.7 Å². The molecule has 182 valence electrons. The number of carbonyl (C=O) groups is 2. The quantitative estimate of drug-likeness (QED) is 0.550. The van der Waals surface area contributed by atoms with Crippen LogP contribution in [-0.4, -0.2) is 50.3 Å². The summed E-state index contributed by atoms with van der Waals surface area (Å²) in [5.74, 6) is 1.50. The zero-order valence-corrected chi connectivity index (χ0v) is 20.7. The predicted octanol–water partition coefficient (Wildman–Crippen LogP) is 3.60. The molecule has 1 atom stereocenters. The van der Waals surface area contributed by atoms with Crippen LogP contribution in [0.5, 0.6) is 0 Å². The van der Waals surface area contributed by atoms with Gasteiger partial charge in [0, 0.05) is 19.1 Å². The topological polar surface area (TPSA) is 92.8 Å². The third kappa shape index (κ3) is 4.83. The van der Waals surface area contributed by atoms with Crippen molar-refractivity contribution in [3.05, 3.63) is 29.8 Å². The molecule has 1 aromatic rings. The van der Waals surface area contributed by atoms with E-state index in [1.807, 2.05) is 0 Å². The van der Waals surface area contributed by atoms with Gasteiger partial charge in [-0.2, -0.15) is 4.31 Å². The Labute approximate surface area is 197 Å². The maximum atomic E-state index is 12.6. The number of esters is 1. The minimum Gasteiger partial charge on any atom is -0.452 e. The molecule has 7 nitrogen and oxygen atoms in total. The van der Waals surface area contributed by atoms with E-state index >= 15 is 0 Å². The van der Waals surface area contributed by atoms with Crippen LogP contribution in [0.4, 0.5) is 0 Å². The van der Waals surface area contributed by atoms with Crippen molar-refractivity contribution in [2.24, 2.45) is 23.2 Å². The third-order valence-corrected chi connectivity index (χ3v) is 10.2. The summed E-state index contributed by atoms with van der Waals surface area (Å²) in [5, 5.41) is 3.10. The molecule has 1 unspecified atom stereocenters. The first kappa shape index (κ1) is 24.2. The molecule has 0 aliphatic heterocycles. The van der Waals surface area contributed by atoms with Gasteiger partial charge in [0.05, 0.1) is 10.5 Å². The van der Waals surface area contributed by atoms with E-state index in [-0.39, 0.29) is 34.4 Å². The van der Waals surface area contributed by atoms with E-state index in [0.29, 0.717) is 13.1 Å². The zero-order chi connectivity index (χ0) is 23.8. The highest BCUT2D eigenvalue weighted by molar-refractivity contribution is 7.89. The monoisotopic (exact) mass is 476 g/mol. The van der Waals surface area contributed by atoms with Crippen LogP contribution >= 0.6 is 0 Å². The molecule has 0 heterocycles. The van der Waals surface area contributed by atoms with E-state index in [9.17, 15) is 18.0 Å². The number of hydrogen-bond donors (Lipinski definition) is 1. The molecule has 4 saturated carbocycles. The first-order valence-corrected chi connectivity index (χ1v) is 13.7. The Morgan fingerprint density at radius 2 is 1.55 bits per heavy atom. The van der Waals surface area contributed by atoms with Gasteiger partial charge in [-0.15, -0.1) is 0 Å². The lowest BCUT2D eigenvalue weighted by molar-refractivity contribution is -0.128. The van der Waals surface area contributed by atoms with Crippen molar-refractivity contribution >= 4 is 21.9 Å². The van der Waals surface area contributed by atoms with Gasteiger partial charge in [0.25, 0.3) is 5.91 Å². The lowest BCUT2D eigenvalue weighted by Gasteiger charge is -2.59. The van der Waals surface area contributed by atoms with E-state index < -0.39 is 16.0 Å². The fraction of sp³-hybridized carbons (Fsp3) is 0.680.